The Kier molecular flexibility index (Phi) is 6.32. The van der Waals surface area contributed by atoms with Gasteiger partial charge in [0.25, 0.3) is 5.56 Å². The molecule has 4 aromatic rings. The predicted octanol–water partition coefficient (Wildman–Crippen LogP) is 2.98. The van der Waals surface area contributed by atoms with Crippen LogP contribution < -0.4 is 16.0 Å². The maximum Gasteiger partial charge on any atom is 0.416 e. The molecule has 0 aliphatic heterocycles. The Labute approximate surface area is 210 Å². The largest absolute Gasteiger partial charge is 0.416 e. The van der Waals surface area contributed by atoms with Gasteiger partial charge in [0.2, 0.25) is 11.7 Å². The van der Waals surface area contributed by atoms with Crippen molar-refractivity contribution < 1.29 is 14.3 Å². The summed E-state index contributed by atoms with van der Waals surface area (Å²) in [6.45, 7) is 3.27. The number of halogens is 1. The second-order valence-electron chi connectivity index (χ2n) is 8.57. The Morgan fingerprint density at radius 2 is 1.75 bits per heavy atom. The van der Waals surface area contributed by atoms with E-state index < -0.39 is 23.1 Å². The molecule has 10 nitrogen and oxygen atoms in total. The molecule has 2 aromatic carbocycles. The Morgan fingerprint density at radius 3 is 2.39 bits per heavy atom. The molecule has 0 saturated carbocycles. The number of ether oxygens (including phenoxy) is 1. The molecule has 2 aromatic heterocycles. The SMILES string of the molecule is Cc1nn(C)c(OC(=O)N(C)C)c1C(=O)c1ccc2c(c1C)c(=O)n(-c1cccc(Cl)c1)c(=O)n2C. The highest BCUT2D eigenvalue weighted by molar-refractivity contribution is 6.30. The van der Waals surface area contributed by atoms with Crippen molar-refractivity contribution in [1.29, 1.82) is 0 Å². The highest BCUT2D eigenvalue weighted by Gasteiger charge is 2.28. The molecule has 186 valence electrons. The number of nitrogens with zero attached hydrogens (tertiary/aromatic N) is 5. The van der Waals surface area contributed by atoms with Crippen molar-refractivity contribution in [2.75, 3.05) is 14.1 Å². The van der Waals surface area contributed by atoms with E-state index in [1.165, 1.54) is 34.3 Å². The van der Waals surface area contributed by atoms with E-state index in [0.29, 0.717) is 27.5 Å². The summed E-state index contributed by atoms with van der Waals surface area (Å²) in [6, 6.07) is 9.51. The first-order chi connectivity index (χ1) is 16.9. The molecular formula is C25H24ClN5O5. The Morgan fingerprint density at radius 1 is 1.06 bits per heavy atom. The summed E-state index contributed by atoms with van der Waals surface area (Å²) in [6.07, 6.45) is -0.665. The lowest BCUT2D eigenvalue weighted by Gasteiger charge is -2.15. The van der Waals surface area contributed by atoms with E-state index in [1.54, 1.807) is 58.3 Å². The van der Waals surface area contributed by atoms with Crippen molar-refractivity contribution in [2.45, 2.75) is 13.8 Å². The van der Waals surface area contributed by atoms with Crippen LogP contribution >= 0.6 is 11.6 Å². The number of aromatic nitrogens is 4. The number of ketones is 1. The monoisotopic (exact) mass is 509 g/mol. The van der Waals surface area contributed by atoms with Gasteiger partial charge in [0, 0.05) is 38.8 Å². The lowest BCUT2D eigenvalue weighted by atomic mass is 9.96. The molecule has 2 heterocycles. The summed E-state index contributed by atoms with van der Waals surface area (Å²) >= 11 is 6.09. The first-order valence-electron chi connectivity index (χ1n) is 10.9. The number of fused-ring (bicyclic) bond motifs is 1. The second-order valence-corrected chi connectivity index (χ2v) is 9.01. The van der Waals surface area contributed by atoms with Gasteiger partial charge in [0.15, 0.2) is 0 Å². The van der Waals surface area contributed by atoms with Crippen LogP contribution in [0.25, 0.3) is 16.6 Å². The molecular weight excluding hydrogens is 486 g/mol. The number of benzene rings is 2. The van der Waals surface area contributed by atoms with Gasteiger partial charge in [-0.2, -0.15) is 5.10 Å². The molecule has 11 heteroatoms. The van der Waals surface area contributed by atoms with Gasteiger partial charge in [0.05, 0.1) is 22.3 Å². The zero-order valence-electron chi connectivity index (χ0n) is 20.6. The van der Waals surface area contributed by atoms with Gasteiger partial charge in [0.1, 0.15) is 5.56 Å². The molecule has 0 spiro atoms. The van der Waals surface area contributed by atoms with Crippen molar-refractivity contribution in [3.63, 3.8) is 0 Å². The summed E-state index contributed by atoms with van der Waals surface area (Å²) in [5, 5.41) is 4.82. The maximum absolute atomic E-state index is 13.7. The summed E-state index contributed by atoms with van der Waals surface area (Å²) in [5.41, 5.74) is 0.622. The van der Waals surface area contributed by atoms with Crippen LogP contribution in [0.3, 0.4) is 0 Å². The summed E-state index contributed by atoms with van der Waals surface area (Å²) in [4.78, 5) is 53.8. The highest BCUT2D eigenvalue weighted by Crippen LogP contribution is 2.28. The van der Waals surface area contributed by atoms with Gasteiger partial charge in [-0.1, -0.05) is 17.7 Å². The van der Waals surface area contributed by atoms with E-state index in [2.05, 4.69) is 5.10 Å². The number of carbonyl (C=O) groups is 2. The summed E-state index contributed by atoms with van der Waals surface area (Å²) < 4.78 is 9.10. The highest BCUT2D eigenvalue weighted by atomic mass is 35.5. The molecule has 0 unspecified atom stereocenters. The van der Waals surface area contributed by atoms with Crippen LogP contribution in [0.15, 0.2) is 46.0 Å². The van der Waals surface area contributed by atoms with E-state index in [9.17, 15) is 19.2 Å². The quantitative estimate of drug-likeness (QED) is 0.391. The minimum atomic E-state index is -0.665. The normalized spacial score (nSPS) is 11.1. The van der Waals surface area contributed by atoms with Crippen LogP contribution in [0.4, 0.5) is 4.79 Å². The van der Waals surface area contributed by atoms with E-state index in [-0.39, 0.29) is 22.4 Å². The lowest BCUT2D eigenvalue weighted by Crippen LogP contribution is -2.38. The van der Waals surface area contributed by atoms with E-state index in [0.717, 1.165) is 4.57 Å². The molecule has 4 rings (SSSR count). The minimum Gasteiger partial charge on any atom is -0.391 e. The topological polar surface area (TPSA) is 108 Å². The number of amides is 1. The molecule has 0 bridgehead atoms. The molecule has 0 saturated heterocycles. The van der Waals surface area contributed by atoms with Crippen LogP contribution in [-0.2, 0) is 14.1 Å². The van der Waals surface area contributed by atoms with Crippen molar-refractivity contribution in [3.05, 3.63) is 84.6 Å². The average Bonchev–Trinajstić information content (AvgIpc) is 3.09. The second kappa shape index (κ2) is 9.12. The van der Waals surface area contributed by atoms with Crippen LogP contribution in [0.2, 0.25) is 5.02 Å². The van der Waals surface area contributed by atoms with Crippen molar-refractivity contribution >= 4 is 34.4 Å². The van der Waals surface area contributed by atoms with E-state index >= 15 is 0 Å². The van der Waals surface area contributed by atoms with Gasteiger partial charge in [-0.05, 0) is 49.7 Å². The third kappa shape index (κ3) is 3.99. The van der Waals surface area contributed by atoms with Crippen molar-refractivity contribution in [3.8, 4) is 11.6 Å². The summed E-state index contributed by atoms with van der Waals surface area (Å²) in [5.74, 6) is -0.475. The lowest BCUT2D eigenvalue weighted by molar-refractivity contribution is 0.103. The molecule has 0 aliphatic rings. The minimum absolute atomic E-state index is 0.00695. The number of rotatable bonds is 4. The zero-order valence-corrected chi connectivity index (χ0v) is 21.4. The molecule has 0 N–H and O–H groups in total. The van der Waals surface area contributed by atoms with Crippen LogP contribution in [0.1, 0.15) is 27.2 Å². The fourth-order valence-electron chi connectivity index (χ4n) is 4.11. The van der Waals surface area contributed by atoms with Gasteiger partial charge < -0.3 is 9.64 Å². The fraction of sp³-hybridized carbons (Fsp3) is 0.240. The van der Waals surface area contributed by atoms with Gasteiger partial charge in [-0.3, -0.25) is 14.2 Å². The Bertz CT molecular complexity index is 1680. The number of hydrogen-bond donors (Lipinski definition) is 0. The first kappa shape index (κ1) is 24.9. The maximum atomic E-state index is 13.7. The molecule has 0 fully saturated rings. The van der Waals surface area contributed by atoms with Crippen LogP contribution in [-0.4, -0.2) is 49.8 Å². The molecule has 0 atom stereocenters. The number of carbonyl (C=O) groups excluding carboxylic acids is 2. The summed E-state index contributed by atoms with van der Waals surface area (Å²) in [7, 11) is 6.16. The average molecular weight is 510 g/mol. The van der Waals surface area contributed by atoms with Gasteiger partial charge in [-0.15, -0.1) is 0 Å². The van der Waals surface area contributed by atoms with Gasteiger partial charge >= 0.3 is 11.8 Å². The number of hydrogen-bond acceptors (Lipinski definition) is 6. The first-order valence-corrected chi connectivity index (χ1v) is 11.3. The Balaban J connectivity index is 1.96. The van der Waals surface area contributed by atoms with E-state index in [1.807, 2.05) is 0 Å². The molecule has 0 radical (unpaired) electrons. The smallest absolute Gasteiger partial charge is 0.391 e. The van der Waals surface area contributed by atoms with Crippen LogP contribution in [0, 0.1) is 13.8 Å². The predicted molar refractivity (Wildman–Crippen MR) is 136 cm³/mol. The molecule has 1 amide bonds. The third-order valence-electron chi connectivity index (χ3n) is 5.96. The van der Waals surface area contributed by atoms with E-state index in [4.69, 9.17) is 16.3 Å². The van der Waals surface area contributed by atoms with Crippen molar-refractivity contribution in [1.82, 2.24) is 23.8 Å². The van der Waals surface area contributed by atoms with Crippen LogP contribution in [0.5, 0.6) is 5.88 Å². The number of aryl methyl sites for hydroxylation is 4. The van der Waals surface area contributed by atoms with Crippen molar-refractivity contribution in [2.24, 2.45) is 14.1 Å². The standard InChI is InChI=1S/C25H24ClN5O5/c1-13-17(21(32)20-14(2)27-30(6)23(20)36-25(35)28(3)4)10-11-18-19(13)22(33)31(24(34)29(18)5)16-9-7-8-15(26)12-16/h7-12H,1-6H3. The third-order valence-corrected chi connectivity index (χ3v) is 6.19. The Hall–Kier alpha value is -4.18. The fourth-order valence-corrected chi connectivity index (χ4v) is 4.30. The zero-order chi connectivity index (χ0) is 26.5. The molecule has 36 heavy (non-hydrogen) atoms. The van der Waals surface area contributed by atoms with Gasteiger partial charge in [-0.25, -0.2) is 18.8 Å². The molecule has 0 aliphatic carbocycles.